The summed E-state index contributed by atoms with van der Waals surface area (Å²) in [5.74, 6) is -0.211. The Bertz CT molecular complexity index is 83.8. The minimum absolute atomic E-state index is 0. The number of amides is 1. The molecule has 0 unspecified atom stereocenters. The van der Waals surface area contributed by atoms with Gasteiger partial charge < -0.3 is 10.6 Å². The molecule has 0 aliphatic rings. The Kier molecular flexibility index (Phi) is 19.2. The zero-order chi connectivity index (χ0) is 8.57. The number of rotatable bonds is 2. The van der Waals surface area contributed by atoms with Gasteiger partial charge in [0.2, 0.25) is 5.91 Å². The Labute approximate surface area is 75.3 Å². The lowest BCUT2D eigenvalue weighted by Gasteiger charge is -1.90. The normalized spacial score (nSPS) is 7.73. The largest absolute Gasteiger partial charge is 0.370 e. The summed E-state index contributed by atoms with van der Waals surface area (Å²) in [6, 6.07) is 0. The van der Waals surface area contributed by atoms with Crippen molar-refractivity contribution >= 4 is 18.3 Å². The summed E-state index contributed by atoms with van der Waals surface area (Å²) in [6.07, 6.45) is 1.37. The highest BCUT2D eigenvalue weighted by molar-refractivity contribution is 5.85. The molecule has 70 valence electrons. The summed E-state index contributed by atoms with van der Waals surface area (Å²) >= 11 is 0. The van der Waals surface area contributed by atoms with Crippen LogP contribution in [0.2, 0.25) is 0 Å². The fraction of sp³-hybridized carbons (Fsp3) is 0.857. The molecular weight excluding hydrogens is 164 g/mol. The molecule has 0 atom stereocenters. The van der Waals surface area contributed by atoms with E-state index < -0.39 is 0 Å². The first-order valence-electron chi connectivity index (χ1n) is 3.40. The molecule has 0 aromatic heterocycles. The molecule has 0 bridgehead atoms. The van der Waals surface area contributed by atoms with Gasteiger partial charge in [0.1, 0.15) is 0 Å². The highest BCUT2D eigenvalue weighted by Crippen LogP contribution is 1.79. The van der Waals surface area contributed by atoms with E-state index >= 15 is 0 Å². The van der Waals surface area contributed by atoms with Crippen LogP contribution in [0.1, 0.15) is 19.8 Å². The van der Waals surface area contributed by atoms with Gasteiger partial charge in [-0.3, -0.25) is 4.79 Å². The third kappa shape index (κ3) is 78.3. The van der Waals surface area contributed by atoms with Gasteiger partial charge in [0.25, 0.3) is 0 Å². The maximum Gasteiger partial charge on any atom is 0.217 e. The van der Waals surface area contributed by atoms with Crippen LogP contribution in [0, 0.1) is 0 Å². The van der Waals surface area contributed by atoms with Crippen LogP contribution in [0.15, 0.2) is 0 Å². The number of hydrogen-bond acceptors (Lipinski definition) is 2. The Hall–Kier alpha value is -0.280. The molecule has 11 heavy (non-hydrogen) atoms. The van der Waals surface area contributed by atoms with Crippen LogP contribution in [0.4, 0.5) is 0 Å². The van der Waals surface area contributed by atoms with Gasteiger partial charge in [-0.25, -0.2) is 0 Å². The molecule has 0 radical (unpaired) electrons. The molecule has 0 spiro atoms. The topological polar surface area (TPSA) is 46.3 Å². The second-order valence-corrected chi connectivity index (χ2v) is 2.56. The highest BCUT2D eigenvalue weighted by Gasteiger charge is 1.84. The van der Waals surface area contributed by atoms with Gasteiger partial charge in [-0.2, -0.15) is 0 Å². The quantitative estimate of drug-likeness (QED) is 0.689. The van der Waals surface area contributed by atoms with Gasteiger partial charge >= 0.3 is 0 Å². The standard InChI is InChI=1S/C4H9NO.C3H9N.ClH/c1-2-3-4(5)6;1-4(2)3;/h2-3H2,1H3,(H2,5,6);1-3H3;1H. The van der Waals surface area contributed by atoms with Crippen molar-refractivity contribution in [2.24, 2.45) is 5.73 Å². The molecule has 0 aromatic rings. The van der Waals surface area contributed by atoms with Crippen molar-refractivity contribution in [3.05, 3.63) is 0 Å². The molecule has 0 saturated carbocycles. The molecule has 2 N–H and O–H groups in total. The molecule has 3 nitrogen and oxygen atoms in total. The van der Waals surface area contributed by atoms with Gasteiger partial charge in [0.15, 0.2) is 0 Å². The molecule has 0 aliphatic carbocycles. The molecule has 0 rings (SSSR count). The van der Waals surface area contributed by atoms with Gasteiger partial charge in [0.05, 0.1) is 0 Å². The van der Waals surface area contributed by atoms with Crippen molar-refractivity contribution in [2.75, 3.05) is 21.1 Å². The summed E-state index contributed by atoms with van der Waals surface area (Å²) in [7, 11) is 6.00. The van der Waals surface area contributed by atoms with Crippen molar-refractivity contribution in [1.29, 1.82) is 0 Å². The second-order valence-electron chi connectivity index (χ2n) is 2.56. The first kappa shape index (κ1) is 17.0. The highest BCUT2D eigenvalue weighted by atomic mass is 35.5. The average Bonchev–Trinajstić information content (AvgIpc) is 1.62. The maximum absolute atomic E-state index is 9.82. The fourth-order valence-electron chi connectivity index (χ4n) is 0.246. The molecule has 0 aliphatic heterocycles. The van der Waals surface area contributed by atoms with E-state index in [1.165, 1.54) is 0 Å². The fourth-order valence-corrected chi connectivity index (χ4v) is 0.246. The van der Waals surface area contributed by atoms with Crippen LogP contribution in [-0.2, 0) is 4.79 Å². The van der Waals surface area contributed by atoms with Crippen LogP contribution in [0.5, 0.6) is 0 Å². The number of halogens is 1. The van der Waals surface area contributed by atoms with Crippen LogP contribution < -0.4 is 5.73 Å². The second kappa shape index (κ2) is 12.4. The first-order chi connectivity index (χ1) is 4.50. The zero-order valence-electron chi connectivity index (χ0n) is 7.76. The summed E-state index contributed by atoms with van der Waals surface area (Å²) < 4.78 is 0. The van der Waals surface area contributed by atoms with Crippen molar-refractivity contribution < 1.29 is 4.79 Å². The number of hydrogen-bond donors (Lipinski definition) is 1. The number of carbonyl (C=O) groups excluding carboxylic acids is 1. The van der Waals surface area contributed by atoms with E-state index in [-0.39, 0.29) is 18.3 Å². The van der Waals surface area contributed by atoms with Gasteiger partial charge in [0, 0.05) is 6.42 Å². The Morgan fingerprint density at radius 1 is 1.36 bits per heavy atom. The van der Waals surface area contributed by atoms with E-state index in [9.17, 15) is 4.79 Å². The molecule has 4 heteroatoms. The average molecular weight is 183 g/mol. The van der Waals surface area contributed by atoms with Crippen molar-refractivity contribution in [3.8, 4) is 0 Å². The van der Waals surface area contributed by atoms with E-state index in [0.717, 1.165) is 6.42 Å². The SMILES string of the molecule is CCCC(N)=O.CN(C)C.Cl. The summed E-state index contributed by atoms with van der Waals surface area (Å²) in [5, 5.41) is 0. The minimum Gasteiger partial charge on any atom is -0.370 e. The molecular formula is C7H19ClN2O. The van der Waals surface area contributed by atoms with E-state index in [2.05, 4.69) is 0 Å². The lowest BCUT2D eigenvalue weighted by Crippen LogP contribution is -2.08. The van der Waals surface area contributed by atoms with Crippen LogP contribution >= 0.6 is 12.4 Å². The van der Waals surface area contributed by atoms with Crippen LogP contribution in [0.25, 0.3) is 0 Å². The van der Waals surface area contributed by atoms with E-state index in [0.29, 0.717) is 6.42 Å². The predicted octanol–water partition coefficient (Wildman–Crippen LogP) is 0.871. The third-order valence-corrected chi connectivity index (χ3v) is 0.496. The summed E-state index contributed by atoms with van der Waals surface area (Å²) in [4.78, 5) is 11.8. The smallest absolute Gasteiger partial charge is 0.217 e. The van der Waals surface area contributed by atoms with E-state index in [1.807, 2.05) is 33.0 Å². The first-order valence-corrected chi connectivity index (χ1v) is 3.40. The molecule has 0 heterocycles. The van der Waals surface area contributed by atoms with E-state index in [1.54, 1.807) is 0 Å². The maximum atomic E-state index is 9.82. The number of nitrogens with zero attached hydrogens (tertiary/aromatic N) is 1. The van der Waals surface area contributed by atoms with Gasteiger partial charge in [-0.05, 0) is 27.6 Å². The monoisotopic (exact) mass is 182 g/mol. The Morgan fingerprint density at radius 2 is 1.64 bits per heavy atom. The van der Waals surface area contributed by atoms with Gasteiger partial charge in [-0.15, -0.1) is 12.4 Å². The minimum atomic E-state index is -0.211. The molecule has 1 amide bonds. The summed E-state index contributed by atoms with van der Waals surface area (Å²) in [5.41, 5.74) is 4.76. The molecule has 0 fully saturated rings. The Morgan fingerprint density at radius 3 is 1.64 bits per heavy atom. The van der Waals surface area contributed by atoms with Crippen molar-refractivity contribution in [1.82, 2.24) is 4.90 Å². The molecule has 0 aromatic carbocycles. The lowest BCUT2D eigenvalue weighted by atomic mass is 10.3. The lowest BCUT2D eigenvalue weighted by molar-refractivity contribution is -0.118. The number of nitrogens with two attached hydrogens (primary N) is 1. The van der Waals surface area contributed by atoms with Gasteiger partial charge in [-0.1, -0.05) is 6.92 Å². The predicted molar refractivity (Wildman–Crippen MR) is 51.0 cm³/mol. The third-order valence-electron chi connectivity index (χ3n) is 0.496. The number of primary amides is 1. The van der Waals surface area contributed by atoms with Crippen molar-refractivity contribution in [3.63, 3.8) is 0 Å². The number of carbonyl (C=O) groups is 1. The zero-order valence-corrected chi connectivity index (χ0v) is 8.57. The van der Waals surface area contributed by atoms with E-state index in [4.69, 9.17) is 5.73 Å². The van der Waals surface area contributed by atoms with Crippen LogP contribution in [0.3, 0.4) is 0 Å². The van der Waals surface area contributed by atoms with Crippen LogP contribution in [-0.4, -0.2) is 32.0 Å². The van der Waals surface area contributed by atoms with Crippen molar-refractivity contribution in [2.45, 2.75) is 19.8 Å². The summed E-state index contributed by atoms with van der Waals surface area (Å²) in [6.45, 7) is 1.92. The molecule has 0 saturated heterocycles. The Balaban J connectivity index is -0.000000114.